The van der Waals surface area contributed by atoms with Gasteiger partial charge in [0.2, 0.25) is 0 Å². The standard InChI is InChI=1S/C9H11NO/c10-5-6-4-8-7(6)2-1-3-9(8)11/h1-3,6,11H,4-5,10H2. The molecule has 0 heterocycles. The van der Waals surface area contributed by atoms with Crippen molar-refractivity contribution in [2.24, 2.45) is 5.73 Å². The molecule has 1 unspecified atom stereocenters. The van der Waals surface area contributed by atoms with Crippen LogP contribution in [0.3, 0.4) is 0 Å². The molecule has 0 saturated carbocycles. The van der Waals surface area contributed by atoms with Crippen molar-refractivity contribution >= 4 is 0 Å². The number of benzene rings is 1. The molecule has 58 valence electrons. The summed E-state index contributed by atoms with van der Waals surface area (Å²) in [6, 6.07) is 5.64. The van der Waals surface area contributed by atoms with Crippen LogP contribution < -0.4 is 5.73 Å². The van der Waals surface area contributed by atoms with E-state index < -0.39 is 0 Å². The largest absolute Gasteiger partial charge is 0.508 e. The van der Waals surface area contributed by atoms with Crippen molar-refractivity contribution in [2.45, 2.75) is 12.3 Å². The molecule has 0 radical (unpaired) electrons. The number of nitrogens with two attached hydrogens (primary N) is 1. The van der Waals surface area contributed by atoms with E-state index in [0.717, 1.165) is 12.0 Å². The van der Waals surface area contributed by atoms with E-state index in [-0.39, 0.29) is 0 Å². The van der Waals surface area contributed by atoms with Crippen molar-refractivity contribution < 1.29 is 5.11 Å². The number of fused-ring (bicyclic) bond motifs is 1. The Bertz CT molecular complexity index is 283. The number of phenolic OH excluding ortho intramolecular Hbond substituents is 1. The van der Waals surface area contributed by atoms with Crippen molar-refractivity contribution in [1.82, 2.24) is 0 Å². The van der Waals surface area contributed by atoms with E-state index in [4.69, 9.17) is 5.73 Å². The monoisotopic (exact) mass is 149 g/mol. The third-order valence-corrected chi connectivity index (χ3v) is 2.36. The fourth-order valence-electron chi connectivity index (χ4n) is 1.63. The molecule has 2 heteroatoms. The molecule has 2 rings (SSSR count). The molecule has 1 atom stereocenters. The van der Waals surface area contributed by atoms with Gasteiger partial charge in [-0.25, -0.2) is 0 Å². The summed E-state index contributed by atoms with van der Waals surface area (Å²) in [5, 5.41) is 9.32. The zero-order valence-corrected chi connectivity index (χ0v) is 6.25. The summed E-state index contributed by atoms with van der Waals surface area (Å²) >= 11 is 0. The summed E-state index contributed by atoms with van der Waals surface area (Å²) in [5.41, 5.74) is 7.83. The molecular weight excluding hydrogens is 138 g/mol. The Morgan fingerprint density at radius 3 is 3.09 bits per heavy atom. The summed E-state index contributed by atoms with van der Waals surface area (Å²) in [6.45, 7) is 0.691. The van der Waals surface area contributed by atoms with Gasteiger partial charge in [0.25, 0.3) is 0 Å². The average Bonchev–Trinajstić information content (AvgIpc) is 1.95. The Morgan fingerprint density at radius 2 is 2.36 bits per heavy atom. The number of phenols is 1. The highest BCUT2D eigenvalue weighted by Gasteiger charge is 2.26. The number of hydrogen-bond acceptors (Lipinski definition) is 2. The maximum atomic E-state index is 9.32. The minimum atomic E-state index is 0.423. The van der Waals surface area contributed by atoms with E-state index in [1.165, 1.54) is 5.56 Å². The van der Waals surface area contributed by atoms with Crippen LogP contribution in [-0.2, 0) is 6.42 Å². The van der Waals surface area contributed by atoms with E-state index >= 15 is 0 Å². The second kappa shape index (κ2) is 2.24. The van der Waals surface area contributed by atoms with Crippen LogP contribution in [0.5, 0.6) is 5.75 Å². The first-order valence-electron chi connectivity index (χ1n) is 3.83. The van der Waals surface area contributed by atoms with Crippen molar-refractivity contribution in [1.29, 1.82) is 0 Å². The normalized spacial score (nSPS) is 20.6. The Morgan fingerprint density at radius 1 is 1.55 bits per heavy atom. The molecule has 0 spiro atoms. The molecule has 0 aliphatic heterocycles. The van der Waals surface area contributed by atoms with Gasteiger partial charge in [-0.2, -0.15) is 0 Å². The predicted octanol–water partition coefficient (Wildman–Crippen LogP) is 0.991. The van der Waals surface area contributed by atoms with E-state index in [1.54, 1.807) is 6.07 Å². The molecule has 0 saturated heterocycles. The van der Waals surface area contributed by atoms with Gasteiger partial charge in [0.05, 0.1) is 0 Å². The van der Waals surface area contributed by atoms with E-state index in [1.807, 2.05) is 12.1 Å². The van der Waals surface area contributed by atoms with Crippen LogP contribution in [0, 0.1) is 0 Å². The van der Waals surface area contributed by atoms with Crippen LogP contribution in [0.1, 0.15) is 17.0 Å². The molecule has 3 N–H and O–H groups in total. The molecule has 0 amide bonds. The summed E-state index contributed by atoms with van der Waals surface area (Å²) in [4.78, 5) is 0. The van der Waals surface area contributed by atoms with Crippen LogP contribution in [0.25, 0.3) is 0 Å². The second-order valence-corrected chi connectivity index (χ2v) is 2.98. The lowest BCUT2D eigenvalue weighted by Crippen LogP contribution is -2.24. The lowest BCUT2D eigenvalue weighted by Gasteiger charge is -2.29. The van der Waals surface area contributed by atoms with Crippen LogP contribution in [-0.4, -0.2) is 11.7 Å². The number of aromatic hydroxyl groups is 1. The van der Waals surface area contributed by atoms with Crippen molar-refractivity contribution in [3.63, 3.8) is 0 Å². The number of rotatable bonds is 1. The van der Waals surface area contributed by atoms with Gasteiger partial charge in [-0.15, -0.1) is 0 Å². The quantitative estimate of drug-likeness (QED) is 0.625. The first kappa shape index (κ1) is 6.68. The minimum absolute atomic E-state index is 0.423. The van der Waals surface area contributed by atoms with E-state index in [0.29, 0.717) is 18.2 Å². The van der Waals surface area contributed by atoms with Crippen LogP contribution in [0.15, 0.2) is 18.2 Å². The Kier molecular flexibility index (Phi) is 1.36. The molecule has 11 heavy (non-hydrogen) atoms. The summed E-state index contributed by atoms with van der Waals surface area (Å²) in [5.74, 6) is 0.907. The van der Waals surface area contributed by atoms with E-state index in [2.05, 4.69) is 0 Å². The number of hydrogen-bond donors (Lipinski definition) is 2. The Balaban J connectivity index is 2.41. The van der Waals surface area contributed by atoms with E-state index in [9.17, 15) is 5.11 Å². The molecular formula is C9H11NO. The fraction of sp³-hybridized carbons (Fsp3) is 0.333. The summed E-state index contributed by atoms with van der Waals surface area (Å²) < 4.78 is 0. The molecule has 1 aromatic rings. The molecule has 1 aliphatic carbocycles. The zero-order chi connectivity index (χ0) is 7.84. The molecule has 1 aromatic carbocycles. The van der Waals surface area contributed by atoms with Gasteiger partial charge >= 0.3 is 0 Å². The van der Waals surface area contributed by atoms with Crippen LogP contribution in [0.2, 0.25) is 0 Å². The average molecular weight is 149 g/mol. The van der Waals surface area contributed by atoms with Gasteiger partial charge in [-0.1, -0.05) is 12.1 Å². The van der Waals surface area contributed by atoms with Crippen molar-refractivity contribution in [3.8, 4) is 5.75 Å². The van der Waals surface area contributed by atoms with Gasteiger partial charge in [0, 0.05) is 5.92 Å². The third kappa shape index (κ3) is 0.828. The highest BCUT2D eigenvalue weighted by Crippen LogP contribution is 2.39. The highest BCUT2D eigenvalue weighted by atomic mass is 16.3. The first-order chi connectivity index (χ1) is 5.33. The van der Waals surface area contributed by atoms with Crippen molar-refractivity contribution in [2.75, 3.05) is 6.54 Å². The third-order valence-electron chi connectivity index (χ3n) is 2.36. The van der Waals surface area contributed by atoms with Gasteiger partial charge in [0.15, 0.2) is 0 Å². The maximum absolute atomic E-state index is 9.32. The fourth-order valence-corrected chi connectivity index (χ4v) is 1.63. The summed E-state index contributed by atoms with van der Waals surface area (Å²) in [6.07, 6.45) is 0.943. The summed E-state index contributed by atoms with van der Waals surface area (Å²) in [7, 11) is 0. The van der Waals surface area contributed by atoms with Crippen LogP contribution in [0.4, 0.5) is 0 Å². The maximum Gasteiger partial charge on any atom is 0.119 e. The van der Waals surface area contributed by atoms with Gasteiger partial charge < -0.3 is 10.8 Å². The lowest BCUT2D eigenvalue weighted by molar-refractivity contribution is 0.451. The Hall–Kier alpha value is -1.02. The van der Waals surface area contributed by atoms with Gasteiger partial charge in [0.1, 0.15) is 5.75 Å². The lowest BCUT2D eigenvalue weighted by atomic mass is 9.77. The highest BCUT2D eigenvalue weighted by molar-refractivity contribution is 5.48. The SMILES string of the molecule is NCC1Cc2c(O)cccc21. The molecule has 0 fully saturated rings. The first-order valence-corrected chi connectivity index (χ1v) is 3.83. The molecule has 2 nitrogen and oxygen atoms in total. The smallest absolute Gasteiger partial charge is 0.119 e. The molecule has 0 bridgehead atoms. The Labute approximate surface area is 65.7 Å². The predicted molar refractivity (Wildman–Crippen MR) is 43.6 cm³/mol. The zero-order valence-electron chi connectivity index (χ0n) is 6.25. The second-order valence-electron chi connectivity index (χ2n) is 2.98. The minimum Gasteiger partial charge on any atom is -0.508 e. The van der Waals surface area contributed by atoms with Gasteiger partial charge in [-0.05, 0) is 30.2 Å². The molecule has 1 aliphatic rings. The topological polar surface area (TPSA) is 46.2 Å². The van der Waals surface area contributed by atoms with Crippen LogP contribution >= 0.6 is 0 Å². The van der Waals surface area contributed by atoms with Gasteiger partial charge in [-0.3, -0.25) is 0 Å². The van der Waals surface area contributed by atoms with Crippen molar-refractivity contribution in [3.05, 3.63) is 29.3 Å². The molecule has 0 aromatic heterocycles.